The third kappa shape index (κ3) is 2.19. The Bertz CT molecular complexity index is 452. The van der Waals surface area contributed by atoms with Gasteiger partial charge in [-0.05, 0) is 26.1 Å². The summed E-state index contributed by atoms with van der Waals surface area (Å²) in [6, 6.07) is 5.71. The van der Waals surface area contributed by atoms with E-state index in [2.05, 4.69) is 20.4 Å². The first kappa shape index (κ1) is 9.79. The maximum Gasteiger partial charge on any atom is 0.240 e. The molecule has 0 aliphatic heterocycles. The minimum absolute atomic E-state index is 0.531. The highest BCUT2D eigenvalue weighted by Gasteiger charge is 2.08. The number of hydrogen-bond donors (Lipinski definition) is 1. The molecule has 0 aromatic carbocycles. The van der Waals surface area contributed by atoms with Crippen LogP contribution in [0.5, 0.6) is 0 Å². The van der Waals surface area contributed by atoms with Crippen molar-refractivity contribution in [3.63, 3.8) is 0 Å². The SMILES string of the molecule is CNCc1nc(-c2cccc(C)n2)no1. The predicted molar refractivity (Wildman–Crippen MR) is 55.0 cm³/mol. The summed E-state index contributed by atoms with van der Waals surface area (Å²) in [7, 11) is 1.83. The lowest BCUT2D eigenvalue weighted by Gasteiger charge is -1.94. The Hall–Kier alpha value is -1.75. The molecule has 0 fully saturated rings. The van der Waals surface area contributed by atoms with Gasteiger partial charge in [0, 0.05) is 5.69 Å². The molecule has 0 spiro atoms. The van der Waals surface area contributed by atoms with E-state index >= 15 is 0 Å². The Balaban J connectivity index is 2.29. The van der Waals surface area contributed by atoms with Crippen LogP contribution in [0.2, 0.25) is 0 Å². The molecular formula is C10H12N4O. The Kier molecular flexibility index (Phi) is 2.73. The van der Waals surface area contributed by atoms with Crippen LogP contribution in [0.1, 0.15) is 11.6 Å². The molecule has 5 heteroatoms. The molecule has 0 bridgehead atoms. The van der Waals surface area contributed by atoms with Gasteiger partial charge in [-0.2, -0.15) is 4.98 Å². The Labute approximate surface area is 87.5 Å². The van der Waals surface area contributed by atoms with Crippen molar-refractivity contribution >= 4 is 0 Å². The minimum Gasteiger partial charge on any atom is -0.337 e. The molecule has 15 heavy (non-hydrogen) atoms. The lowest BCUT2D eigenvalue weighted by Crippen LogP contribution is -2.04. The molecule has 2 rings (SSSR count). The van der Waals surface area contributed by atoms with E-state index in [-0.39, 0.29) is 0 Å². The number of rotatable bonds is 3. The van der Waals surface area contributed by atoms with Crippen LogP contribution >= 0.6 is 0 Å². The standard InChI is InChI=1S/C10H12N4O/c1-7-4-3-5-8(12-7)10-13-9(6-11-2)15-14-10/h3-5,11H,6H2,1-2H3. The van der Waals surface area contributed by atoms with Gasteiger partial charge in [-0.25, -0.2) is 4.98 Å². The summed E-state index contributed by atoms with van der Waals surface area (Å²) in [4.78, 5) is 8.52. The highest BCUT2D eigenvalue weighted by Crippen LogP contribution is 2.12. The van der Waals surface area contributed by atoms with Crippen LogP contribution in [-0.2, 0) is 6.54 Å². The van der Waals surface area contributed by atoms with Crippen molar-refractivity contribution in [3.05, 3.63) is 29.8 Å². The van der Waals surface area contributed by atoms with Gasteiger partial charge in [0.05, 0.1) is 6.54 Å². The summed E-state index contributed by atoms with van der Waals surface area (Å²) in [5.41, 5.74) is 1.67. The largest absolute Gasteiger partial charge is 0.337 e. The van der Waals surface area contributed by atoms with Crippen LogP contribution in [-0.4, -0.2) is 22.2 Å². The fourth-order valence-corrected chi connectivity index (χ4v) is 1.25. The summed E-state index contributed by atoms with van der Waals surface area (Å²) in [6.45, 7) is 2.50. The normalized spacial score (nSPS) is 10.5. The summed E-state index contributed by atoms with van der Waals surface area (Å²) in [5.74, 6) is 1.10. The van der Waals surface area contributed by atoms with Crippen LogP contribution in [0, 0.1) is 6.92 Å². The van der Waals surface area contributed by atoms with Gasteiger partial charge in [-0.3, -0.25) is 0 Å². The maximum absolute atomic E-state index is 5.04. The minimum atomic E-state index is 0.531. The lowest BCUT2D eigenvalue weighted by atomic mass is 10.3. The highest BCUT2D eigenvalue weighted by molar-refractivity contribution is 5.47. The maximum atomic E-state index is 5.04. The number of nitrogens with zero attached hydrogens (tertiary/aromatic N) is 3. The molecule has 2 aromatic heterocycles. The summed E-state index contributed by atoms with van der Waals surface area (Å²) >= 11 is 0. The first-order valence-corrected chi connectivity index (χ1v) is 4.71. The Morgan fingerprint density at radius 1 is 1.33 bits per heavy atom. The van der Waals surface area contributed by atoms with E-state index in [0.29, 0.717) is 18.3 Å². The number of hydrogen-bond acceptors (Lipinski definition) is 5. The van der Waals surface area contributed by atoms with E-state index < -0.39 is 0 Å². The number of pyridine rings is 1. The molecule has 1 N–H and O–H groups in total. The average Bonchev–Trinajstić information content (AvgIpc) is 2.67. The van der Waals surface area contributed by atoms with Gasteiger partial charge in [0.15, 0.2) is 0 Å². The van der Waals surface area contributed by atoms with E-state index in [0.717, 1.165) is 11.4 Å². The summed E-state index contributed by atoms with van der Waals surface area (Å²) in [5, 5.41) is 6.80. The summed E-state index contributed by atoms with van der Waals surface area (Å²) < 4.78 is 5.04. The average molecular weight is 204 g/mol. The molecule has 0 aliphatic rings. The van der Waals surface area contributed by atoms with E-state index in [4.69, 9.17) is 4.52 Å². The molecule has 0 unspecified atom stereocenters. The van der Waals surface area contributed by atoms with Gasteiger partial charge < -0.3 is 9.84 Å². The topological polar surface area (TPSA) is 63.8 Å². The highest BCUT2D eigenvalue weighted by atomic mass is 16.5. The fraction of sp³-hybridized carbons (Fsp3) is 0.300. The van der Waals surface area contributed by atoms with E-state index in [1.54, 1.807) is 0 Å². The van der Waals surface area contributed by atoms with E-state index in [9.17, 15) is 0 Å². The second-order valence-electron chi connectivity index (χ2n) is 3.21. The zero-order chi connectivity index (χ0) is 10.7. The summed E-state index contributed by atoms with van der Waals surface area (Å²) in [6.07, 6.45) is 0. The molecule has 0 amide bonds. The quantitative estimate of drug-likeness (QED) is 0.812. The zero-order valence-corrected chi connectivity index (χ0v) is 8.69. The fourth-order valence-electron chi connectivity index (χ4n) is 1.25. The Morgan fingerprint density at radius 3 is 2.93 bits per heavy atom. The molecule has 0 saturated heterocycles. The molecular weight excluding hydrogens is 192 g/mol. The second kappa shape index (κ2) is 4.18. The molecule has 0 radical (unpaired) electrons. The number of aryl methyl sites for hydroxylation is 1. The van der Waals surface area contributed by atoms with Crippen LogP contribution in [0.15, 0.2) is 22.7 Å². The van der Waals surface area contributed by atoms with Crippen molar-refractivity contribution in [3.8, 4) is 11.5 Å². The monoisotopic (exact) mass is 204 g/mol. The Morgan fingerprint density at radius 2 is 2.20 bits per heavy atom. The van der Waals surface area contributed by atoms with Crippen LogP contribution < -0.4 is 5.32 Å². The van der Waals surface area contributed by atoms with Crippen molar-refractivity contribution in [2.45, 2.75) is 13.5 Å². The second-order valence-corrected chi connectivity index (χ2v) is 3.21. The van der Waals surface area contributed by atoms with Gasteiger partial charge in [-0.15, -0.1) is 0 Å². The molecule has 0 saturated carbocycles. The number of nitrogens with one attached hydrogen (secondary N) is 1. The van der Waals surface area contributed by atoms with Crippen LogP contribution in [0.25, 0.3) is 11.5 Å². The van der Waals surface area contributed by atoms with Crippen molar-refractivity contribution in [2.24, 2.45) is 0 Å². The predicted octanol–water partition coefficient (Wildman–Crippen LogP) is 1.16. The number of aromatic nitrogens is 3. The van der Waals surface area contributed by atoms with Gasteiger partial charge in [-0.1, -0.05) is 11.2 Å². The molecule has 2 aromatic rings. The van der Waals surface area contributed by atoms with Crippen molar-refractivity contribution < 1.29 is 4.52 Å². The van der Waals surface area contributed by atoms with Crippen LogP contribution in [0.4, 0.5) is 0 Å². The molecule has 78 valence electrons. The van der Waals surface area contributed by atoms with Crippen LogP contribution in [0.3, 0.4) is 0 Å². The van der Waals surface area contributed by atoms with E-state index in [1.807, 2.05) is 32.2 Å². The lowest BCUT2D eigenvalue weighted by molar-refractivity contribution is 0.372. The van der Waals surface area contributed by atoms with Gasteiger partial charge in [0.25, 0.3) is 0 Å². The zero-order valence-electron chi connectivity index (χ0n) is 8.69. The molecule has 0 aliphatic carbocycles. The van der Waals surface area contributed by atoms with Crippen molar-refractivity contribution in [2.75, 3.05) is 7.05 Å². The first-order valence-electron chi connectivity index (χ1n) is 4.71. The molecule has 2 heterocycles. The van der Waals surface area contributed by atoms with Gasteiger partial charge in [0.2, 0.25) is 11.7 Å². The first-order chi connectivity index (χ1) is 7.29. The smallest absolute Gasteiger partial charge is 0.240 e. The van der Waals surface area contributed by atoms with Gasteiger partial charge in [0.1, 0.15) is 5.69 Å². The van der Waals surface area contributed by atoms with Crippen molar-refractivity contribution in [1.82, 2.24) is 20.4 Å². The third-order valence-corrected chi connectivity index (χ3v) is 1.91. The molecule has 0 atom stereocenters. The van der Waals surface area contributed by atoms with Gasteiger partial charge >= 0.3 is 0 Å². The van der Waals surface area contributed by atoms with Crippen molar-refractivity contribution in [1.29, 1.82) is 0 Å². The third-order valence-electron chi connectivity index (χ3n) is 1.91. The van der Waals surface area contributed by atoms with E-state index in [1.165, 1.54) is 0 Å². The molecule has 5 nitrogen and oxygen atoms in total.